The standard InChI is InChI=1S/C26H40N2O2/c1-5-20(15-19-9-7-6-8-10-19)22-16-23(22)27-21-17-26(18-21)11-13-28(14-12-26)24(29)30-25(2,3)4/h6-10,20-23,27H,5,11-18H2,1-4H3/t20-,22?,23-/m1/s1. The van der Waals surface area contributed by atoms with Gasteiger partial charge in [-0.1, -0.05) is 43.7 Å². The van der Waals surface area contributed by atoms with E-state index in [1.54, 1.807) is 0 Å². The zero-order chi connectivity index (χ0) is 21.4. The smallest absolute Gasteiger partial charge is 0.410 e. The summed E-state index contributed by atoms with van der Waals surface area (Å²) in [6, 6.07) is 12.4. The molecule has 3 aliphatic rings. The van der Waals surface area contributed by atoms with Crippen LogP contribution in [0.3, 0.4) is 0 Å². The monoisotopic (exact) mass is 412 g/mol. The molecule has 4 nitrogen and oxygen atoms in total. The molecule has 3 atom stereocenters. The molecule has 1 saturated heterocycles. The van der Waals surface area contributed by atoms with Crippen molar-refractivity contribution in [2.45, 2.75) is 90.3 Å². The third-order valence-corrected chi connectivity index (χ3v) is 7.59. The molecule has 1 N–H and O–H groups in total. The van der Waals surface area contributed by atoms with Crippen LogP contribution in [0.15, 0.2) is 30.3 Å². The van der Waals surface area contributed by atoms with Crippen LogP contribution < -0.4 is 5.32 Å². The zero-order valence-corrected chi connectivity index (χ0v) is 19.3. The highest BCUT2D eigenvalue weighted by Gasteiger charge is 2.50. The topological polar surface area (TPSA) is 41.6 Å². The Balaban J connectivity index is 1.18. The highest BCUT2D eigenvalue weighted by Crippen LogP contribution is 2.51. The first-order chi connectivity index (χ1) is 14.3. The number of nitrogens with zero attached hydrogens (tertiary/aromatic N) is 1. The molecule has 2 aliphatic carbocycles. The Morgan fingerprint density at radius 3 is 2.47 bits per heavy atom. The number of ether oxygens (including phenoxy) is 1. The maximum atomic E-state index is 12.3. The van der Waals surface area contributed by atoms with E-state index in [0.29, 0.717) is 11.5 Å². The van der Waals surface area contributed by atoms with Gasteiger partial charge in [0.05, 0.1) is 0 Å². The lowest BCUT2D eigenvalue weighted by molar-refractivity contribution is -0.0167. The summed E-state index contributed by atoms with van der Waals surface area (Å²) < 4.78 is 5.54. The minimum atomic E-state index is -0.407. The number of carbonyl (C=O) groups excluding carboxylic acids is 1. The second-order valence-corrected chi connectivity index (χ2v) is 11.1. The first-order valence-electron chi connectivity index (χ1n) is 12.0. The van der Waals surface area contributed by atoms with Gasteiger partial charge < -0.3 is 15.0 Å². The Kier molecular flexibility index (Phi) is 6.16. The van der Waals surface area contributed by atoms with Gasteiger partial charge in [0.2, 0.25) is 0 Å². The van der Waals surface area contributed by atoms with E-state index in [1.165, 1.54) is 37.7 Å². The summed E-state index contributed by atoms with van der Waals surface area (Å²) in [6.07, 6.45) is 8.52. The summed E-state index contributed by atoms with van der Waals surface area (Å²) in [6.45, 7) is 9.86. The highest BCUT2D eigenvalue weighted by molar-refractivity contribution is 5.68. The van der Waals surface area contributed by atoms with E-state index in [1.807, 2.05) is 25.7 Å². The van der Waals surface area contributed by atoms with E-state index in [4.69, 9.17) is 4.74 Å². The van der Waals surface area contributed by atoms with Crippen LogP contribution in [0.2, 0.25) is 0 Å². The van der Waals surface area contributed by atoms with Gasteiger partial charge in [-0.15, -0.1) is 0 Å². The summed E-state index contributed by atoms with van der Waals surface area (Å²) in [5.74, 6) is 1.65. The maximum Gasteiger partial charge on any atom is 0.410 e. The first-order valence-corrected chi connectivity index (χ1v) is 12.0. The summed E-state index contributed by atoms with van der Waals surface area (Å²) >= 11 is 0. The molecule has 4 heteroatoms. The van der Waals surface area contributed by atoms with Crippen molar-refractivity contribution in [1.82, 2.24) is 10.2 Å². The molecular weight excluding hydrogens is 372 g/mol. The molecule has 1 amide bonds. The van der Waals surface area contributed by atoms with Crippen LogP contribution in [0.4, 0.5) is 4.79 Å². The first kappa shape index (κ1) is 21.7. The van der Waals surface area contributed by atoms with Gasteiger partial charge in [-0.25, -0.2) is 4.79 Å². The lowest BCUT2D eigenvalue weighted by atomic mass is 9.60. The van der Waals surface area contributed by atoms with Crippen molar-refractivity contribution >= 4 is 6.09 Å². The number of hydrogen-bond acceptors (Lipinski definition) is 3. The molecule has 1 heterocycles. The molecule has 4 rings (SSSR count). The summed E-state index contributed by atoms with van der Waals surface area (Å²) in [5, 5.41) is 3.97. The molecular formula is C26H40N2O2. The van der Waals surface area contributed by atoms with E-state index in [9.17, 15) is 4.79 Å². The van der Waals surface area contributed by atoms with E-state index in [0.717, 1.165) is 43.8 Å². The van der Waals surface area contributed by atoms with Crippen molar-refractivity contribution < 1.29 is 9.53 Å². The van der Waals surface area contributed by atoms with Gasteiger partial charge in [-0.2, -0.15) is 0 Å². The summed E-state index contributed by atoms with van der Waals surface area (Å²) in [4.78, 5) is 14.2. The SMILES string of the molecule is CC[C@H](Cc1ccccc1)C1C[C@H]1NC1CC2(CCN(C(=O)OC(C)(C)C)CC2)C1. The van der Waals surface area contributed by atoms with Gasteiger partial charge in [0.1, 0.15) is 5.60 Å². The highest BCUT2D eigenvalue weighted by atomic mass is 16.6. The number of amides is 1. The molecule has 2 saturated carbocycles. The molecule has 1 aromatic carbocycles. The fourth-order valence-electron chi connectivity index (χ4n) is 5.75. The van der Waals surface area contributed by atoms with Gasteiger partial charge >= 0.3 is 6.09 Å². The van der Waals surface area contributed by atoms with Crippen molar-refractivity contribution in [2.75, 3.05) is 13.1 Å². The second-order valence-electron chi connectivity index (χ2n) is 11.1. The van der Waals surface area contributed by atoms with Crippen LogP contribution >= 0.6 is 0 Å². The maximum absolute atomic E-state index is 12.3. The fourth-order valence-corrected chi connectivity index (χ4v) is 5.75. The van der Waals surface area contributed by atoms with Crippen LogP contribution in [0.25, 0.3) is 0 Å². The van der Waals surface area contributed by atoms with Gasteiger partial charge in [-0.3, -0.25) is 0 Å². The molecule has 166 valence electrons. The largest absolute Gasteiger partial charge is 0.444 e. The Hall–Kier alpha value is -1.55. The number of hydrogen-bond donors (Lipinski definition) is 1. The molecule has 0 radical (unpaired) electrons. The fraction of sp³-hybridized carbons (Fsp3) is 0.731. The third-order valence-electron chi connectivity index (χ3n) is 7.59. The van der Waals surface area contributed by atoms with E-state index >= 15 is 0 Å². The normalized spacial score (nSPS) is 26.9. The number of nitrogens with one attached hydrogen (secondary N) is 1. The average Bonchev–Trinajstić information content (AvgIpc) is 3.44. The van der Waals surface area contributed by atoms with Gasteiger partial charge in [0.25, 0.3) is 0 Å². The lowest BCUT2D eigenvalue weighted by Gasteiger charge is -2.52. The number of benzene rings is 1. The predicted molar refractivity (Wildman–Crippen MR) is 121 cm³/mol. The number of carbonyl (C=O) groups is 1. The van der Waals surface area contributed by atoms with Crippen molar-refractivity contribution in [3.63, 3.8) is 0 Å². The van der Waals surface area contributed by atoms with Crippen LogP contribution in [-0.2, 0) is 11.2 Å². The van der Waals surface area contributed by atoms with Crippen LogP contribution in [0.1, 0.15) is 71.8 Å². The van der Waals surface area contributed by atoms with Gasteiger partial charge in [0, 0.05) is 25.2 Å². The number of rotatable bonds is 6. The van der Waals surface area contributed by atoms with Crippen LogP contribution in [0.5, 0.6) is 0 Å². The molecule has 1 spiro atoms. The third kappa shape index (κ3) is 5.19. The zero-order valence-electron chi connectivity index (χ0n) is 19.3. The molecule has 1 aliphatic heterocycles. The predicted octanol–water partition coefficient (Wildman–Crippen LogP) is 5.41. The lowest BCUT2D eigenvalue weighted by Crippen LogP contribution is -2.55. The Morgan fingerprint density at radius 2 is 1.87 bits per heavy atom. The van der Waals surface area contributed by atoms with E-state index in [-0.39, 0.29) is 6.09 Å². The van der Waals surface area contributed by atoms with Gasteiger partial charge in [-0.05, 0) is 82.1 Å². The summed E-state index contributed by atoms with van der Waals surface area (Å²) in [7, 11) is 0. The molecule has 0 bridgehead atoms. The molecule has 1 aromatic rings. The average molecular weight is 413 g/mol. The van der Waals surface area contributed by atoms with Crippen molar-refractivity contribution in [3.05, 3.63) is 35.9 Å². The van der Waals surface area contributed by atoms with E-state index < -0.39 is 5.60 Å². The second kappa shape index (κ2) is 8.53. The van der Waals surface area contributed by atoms with Crippen molar-refractivity contribution in [2.24, 2.45) is 17.3 Å². The number of piperidine rings is 1. The Morgan fingerprint density at radius 1 is 1.20 bits per heavy atom. The van der Waals surface area contributed by atoms with Crippen LogP contribution in [-0.4, -0.2) is 41.8 Å². The molecule has 0 aromatic heterocycles. The Labute approximate surface area is 182 Å². The van der Waals surface area contributed by atoms with Crippen molar-refractivity contribution in [1.29, 1.82) is 0 Å². The quantitative estimate of drug-likeness (QED) is 0.679. The minimum absolute atomic E-state index is 0.142. The van der Waals surface area contributed by atoms with E-state index in [2.05, 4.69) is 42.6 Å². The Bertz CT molecular complexity index is 710. The number of likely N-dealkylation sites (tertiary alicyclic amines) is 1. The van der Waals surface area contributed by atoms with Gasteiger partial charge in [0.15, 0.2) is 0 Å². The molecule has 30 heavy (non-hydrogen) atoms. The molecule has 3 fully saturated rings. The minimum Gasteiger partial charge on any atom is -0.444 e. The molecule has 1 unspecified atom stereocenters. The van der Waals surface area contributed by atoms with Crippen molar-refractivity contribution in [3.8, 4) is 0 Å². The summed E-state index contributed by atoms with van der Waals surface area (Å²) in [5.41, 5.74) is 1.54. The van der Waals surface area contributed by atoms with Crippen LogP contribution in [0, 0.1) is 17.3 Å².